The van der Waals surface area contributed by atoms with Crippen molar-refractivity contribution in [2.75, 3.05) is 53.9 Å². The van der Waals surface area contributed by atoms with E-state index in [1.54, 1.807) is 25.3 Å². The average molecular weight is 372 g/mol. The molecule has 0 aliphatic heterocycles. The van der Waals surface area contributed by atoms with Crippen molar-refractivity contribution >= 4 is 11.6 Å². The minimum Gasteiger partial charge on any atom is -0.493 e. The first kappa shape index (κ1) is 20.6. The number of amides is 1. The second kappa shape index (κ2) is 9.28. The number of ether oxygens (including phenoxy) is 2. The molecule has 27 heavy (non-hydrogen) atoms. The number of likely N-dealkylation sites (N-methyl/N-ethyl adjacent to an activating group) is 1. The lowest BCUT2D eigenvalue weighted by Crippen LogP contribution is -3.07. The van der Waals surface area contributed by atoms with Crippen LogP contribution in [0.2, 0.25) is 0 Å². The zero-order valence-electron chi connectivity index (χ0n) is 17.0. The van der Waals surface area contributed by atoms with Gasteiger partial charge in [-0.1, -0.05) is 18.2 Å². The summed E-state index contributed by atoms with van der Waals surface area (Å²) >= 11 is 0. The molecule has 0 saturated carbocycles. The van der Waals surface area contributed by atoms with Gasteiger partial charge in [-0.2, -0.15) is 0 Å². The van der Waals surface area contributed by atoms with Crippen molar-refractivity contribution < 1.29 is 19.2 Å². The predicted octanol–water partition coefficient (Wildman–Crippen LogP) is 1.39. The normalized spacial score (nSPS) is 11.8. The van der Waals surface area contributed by atoms with Crippen LogP contribution in [0, 0.1) is 0 Å². The highest BCUT2D eigenvalue weighted by Crippen LogP contribution is 2.30. The molecular formula is C21H30N3O3+. The summed E-state index contributed by atoms with van der Waals surface area (Å²) in [7, 11) is 11.3. The van der Waals surface area contributed by atoms with Crippen molar-refractivity contribution in [3.05, 3.63) is 53.6 Å². The molecule has 0 fully saturated rings. The van der Waals surface area contributed by atoms with Crippen LogP contribution in [0.5, 0.6) is 11.5 Å². The van der Waals surface area contributed by atoms with Crippen LogP contribution in [0.25, 0.3) is 0 Å². The third kappa shape index (κ3) is 4.92. The number of hydrogen-bond acceptors (Lipinski definition) is 4. The molecule has 0 radical (unpaired) electrons. The van der Waals surface area contributed by atoms with Crippen LogP contribution in [-0.4, -0.2) is 54.9 Å². The Hall–Kier alpha value is -2.73. The molecule has 0 aliphatic rings. The van der Waals surface area contributed by atoms with E-state index in [9.17, 15) is 4.79 Å². The zero-order valence-corrected chi connectivity index (χ0v) is 17.0. The maximum Gasteiger partial charge on any atom is 0.255 e. The van der Waals surface area contributed by atoms with E-state index in [-0.39, 0.29) is 11.9 Å². The lowest BCUT2D eigenvalue weighted by atomic mass is 10.0. The fourth-order valence-corrected chi connectivity index (χ4v) is 3.02. The Kier molecular flexibility index (Phi) is 7.07. The molecule has 0 bridgehead atoms. The number of quaternary nitrogens is 1. The Bertz CT molecular complexity index is 758. The average Bonchev–Trinajstić information content (AvgIpc) is 2.67. The van der Waals surface area contributed by atoms with Gasteiger partial charge in [0, 0.05) is 25.3 Å². The van der Waals surface area contributed by atoms with Gasteiger partial charge < -0.3 is 24.6 Å². The summed E-state index contributed by atoms with van der Waals surface area (Å²) < 4.78 is 10.6. The van der Waals surface area contributed by atoms with E-state index >= 15 is 0 Å². The molecule has 2 aromatic carbocycles. The molecule has 0 aliphatic carbocycles. The van der Waals surface area contributed by atoms with Crippen molar-refractivity contribution in [2.45, 2.75) is 6.04 Å². The Balaban J connectivity index is 2.15. The quantitative estimate of drug-likeness (QED) is 0.735. The number of nitrogens with one attached hydrogen (secondary N) is 2. The fraction of sp³-hybridized carbons (Fsp3) is 0.381. The first-order valence-corrected chi connectivity index (χ1v) is 8.95. The Morgan fingerprint density at radius 2 is 1.74 bits per heavy atom. The van der Waals surface area contributed by atoms with Gasteiger partial charge in [0.2, 0.25) is 0 Å². The third-order valence-electron chi connectivity index (χ3n) is 4.62. The van der Waals surface area contributed by atoms with Crippen LogP contribution in [0.3, 0.4) is 0 Å². The van der Waals surface area contributed by atoms with Crippen LogP contribution >= 0.6 is 0 Å². The maximum absolute atomic E-state index is 12.7. The van der Waals surface area contributed by atoms with Crippen LogP contribution < -0.4 is 24.6 Å². The highest BCUT2D eigenvalue weighted by molar-refractivity contribution is 5.97. The number of carbonyl (C=O) groups is 1. The van der Waals surface area contributed by atoms with Crippen LogP contribution in [-0.2, 0) is 0 Å². The zero-order chi connectivity index (χ0) is 20.0. The van der Waals surface area contributed by atoms with Gasteiger partial charge in [-0.25, -0.2) is 0 Å². The molecule has 2 rings (SSSR count). The summed E-state index contributed by atoms with van der Waals surface area (Å²) in [5.74, 6) is 0.808. The van der Waals surface area contributed by atoms with E-state index in [0.29, 0.717) is 23.6 Å². The number of benzene rings is 2. The second-order valence-corrected chi connectivity index (χ2v) is 6.87. The number of carbonyl (C=O) groups excluding carboxylic acids is 1. The summed E-state index contributed by atoms with van der Waals surface area (Å²) in [4.78, 5) is 16.0. The molecule has 6 nitrogen and oxygen atoms in total. The molecule has 1 atom stereocenters. The Labute approximate surface area is 161 Å². The summed E-state index contributed by atoms with van der Waals surface area (Å²) in [6.07, 6.45) is 0. The van der Waals surface area contributed by atoms with Crippen molar-refractivity contribution in [1.29, 1.82) is 0 Å². The van der Waals surface area contributed by atoms with E-state index in [0.717, 1.165) is 5.69 Å². The smallest absolute Gasteiger partial charge is 0.255 e. The van der Waals surface area contributed by atoms with Gasteiger partial charge in [0.1, 0.15) is 6.04 Å². The first-order chi connectivity index (χ1) is 12.9. The summed E-state index contributed by atoms with van der Waals surface area (Å²) in [6.45, 7) is 0.517. The molecule has 2 aromatic rings. The molecule has 146 valence electrons. The predicted molar refractivity (Wildman–Crippen MR) is 108 cm³/mol. The van der Waals surface area contributed by atoms with Gasteiger partial charge in [0.25, 0.3) is 5.91 Å². The highest BCUT2D eigenvalue weighted by atomic mass is 16.5. The van der Waals surface area contributed by atoms with Gasteiger partial charge >= 0.3 is 0 Å². The Morgan fingerprint density at radius 3 is 2.26 bits per heavy atom. The summed E-state index contributed by atoms with van der Waals surface area (Å²) in [6, 6.07) is 13.9. The molecule has 0 heterocycles. The van der Waals surface area contributed by atoms with E-state index in [2.05, 4.69) is 48.6 Å². The van der Waals surface area contributed by atoms with Crippen molar-refractivity contribution in [3.8, 4) is 11.5 Å². The molecule has 6 heteroatoms. The second-order valence-electron chi connectivity index (χ2n) is 6.87. The largest absolute Gasteiger partial charge is 0.493 e. The lowest BCUT2D eigenvalue weighted by Gasteiger charge is -2.23. The number of rotatable bonds is 8. The molecule has 0 saturated heterocycles. The van der Waals surface area contributed by atoms with E-state index in [1.165, 1.54) is 17.6 Å². The highest BCUT2D eigenvalue weighted by Gasteiger charge is 2.21. The minimum atomic E-state index is -0.179. The number of hydrogen-bond donors (Lipinski definition) is 2. The number of methoxy groups -OCH3 is 2. The van der Waals surface area contributed by atoms with E-state index < -0.39 is 0 Å². The molecule has 0 spiro atoms. The SMILES string of the molecule is COc1cccc(C(=O)NC[C@@H](c2ccc(N(C)C)cc2)[NH+](C)C)c1OC. The molecule has 1 amide bonds. The third-order valence-corrected chi connectivity index (χ3v) is 4.62. The maximum atomic E-state index is 12.7. The number of para-hydroxylation sites is 1. The minimum absolute atomic E-state index is 0.141. The molecule has 0 aromatic heterocycles. The van der Waals surface area contributed by atoms with Crippen LogP contribution in [0.15, 0.2) is 42.5 Å². The fourth-order valence-electron chi connectivity index (χ4n) is 3.02. The van der Waals surface area contributed by atoms with Crippen molar-refractivity contribution in [3.63, 3.8) is 0 Å². The molecular weight excluding hydrogens is 342 g/mol. The number of anilines is 1. The van der Waals surface area contributed by atoms with Gasteiger partial charge in [-0.15, -0.1) is 0 Å². The van der Waals surface area contributed by atoms with Gasteiger partial charge in [0.05, 0.1) is 40.4 Å². The topological polar surface area (TPSA) is 55.2 Å². The van der Waals surface area contributed by atoms with Gasteiger partial charge in [0.15, 0.2) is 11.5 Å². The van der Waals surface area contributed by atoms with Gasteiger partial charge in [-0.3, -0.25) is 4.79 Å². The lowest BCUT2D eigenvalue weighted by molar-refractivity contribution is -0.890. The summed E-state index contributed by atoms with van der Waals surface area (Å²) in [5.41, 5.74) is 2.79. The molecule has 2 N–H and O–H groups in total. The summed E-state index contributed by atoms with van der Waals surface area (Å²) in [5, 5.41) is 3.04. The van der Waals surface area contributed by atoms with Gasteiger partial charge in [-0.05, 0) is 24.3 Å². The van der Waals surface area contributed by atoms with Crippen molar-refractivity contribution in [2.24, 2.45) is 0 Å². The van der Waals surface area contributed by atoms with Crippen molar-refractivity contribution in [1.82, 2.24) is 5.32 Å². The Morgan fingerprint density at radius 1 is 1.07 bits per heavy atom. The van der Waals surface area contributed by atoms with E-state index in [4.69, 9.17) is 9.47 Å². The standard InChI is InChI=1S/C21H29N3O3/c1-23(2)16-12-10-15(11-13-16)18(24(3)4)14-22-21(25)17-8-7-9-19(26-5)20(17)27-6/h7-13,18H,14H2,1-6H3,(H,22,25)/p+1/t18-/m0/s1. The monoisotopic (exact) mass is 372 g/mol. The van der Waals surface area contributed by atoms with Crippen LogP contribution in [0.4, 0.5) is 5.69 Å². The van der Waals surface area contributed by atoms with E-state index in [1.807, 2.05) is 14.1 Å². The first-order valence-electron chi connectivity index (χ1n) is 8.95. The number of nitrogens with zero attached hydrogens (tertiary/aromatic N) is 1. The molecule has 0 unspecified atom stereocenters. The van der Waals surface area contributed by atoms with Crippen LogP contribution in [0.1, 0.15) is 22.0 Å².